The minimum atomic E-state index is -3.19. The average Bonchev–Trinajstić information content (AvgIpc) is 2.92. The van der Waals surface area contributed by atoms with Gasteiger partial charge in [0.05, 0.1) is 16.8 Å². The summed E-state index contributed by atoms with van der Waals surface area (Å²) in [5, 5.41) is 6.62. The minimum Gasteiger partial charge on any atom is -0.309 e. The second-order valence-corrected chi connectivity index (χ2v) is 7.10. The van der Waals surface area contributed by atoms with Crippen molar-refractivity contribution in [3.63, 3.8) is 0 Å². The quantitative estimate of drug-likeness (QED) is 0.882. The monoisotopic (exact) mass is 293 g/mol. The van der Waals surface area contributed by atoms with Gasteiger partial charge >= 0.3 is 0 Å². The first-order valence-corrected chi connectivity index (χ1v) is 8.11. The molecule has 1 heterocycles. The fourth-order valence-electron chi connectivity index (χ4n) is 1.95. The fraction of sp³-hybridized carbons (Fsp3) is 0.357. The molecular formula is C14H19N3O2S. The third-order valence-corrected chi connectivity index (χ3v) is 4.88. The highest BCUT2D eigenvalue weighted by Crippen LogP contribution is 2.20. The molecule has 0 aliphatic heterocycles. The highest BCUT2D eigenvalue weighted by Gasteiger charge is 2.14. The number of hydrogen-bond donors (Lipinski definition) is 1. The van der Waals surface area contributed by atoms with Crippen molar-refractivity contribution in [3.8, 4) is 11.1 Å². The van der Waals surface area contributed by atoms with Crippen molar-refractivity contribution < 1.29 is 8.42 Å². The molecular weight excluding hydrogens is 274 g/mol. The van der Waals surface area contributed by atoms with Crippen LogP contribution in [0.25, 0.3) is 11.1 Å². The van der Waals surface area contributed by atoms with E-state index in [0.29, 0.717) is 11.3 Å². The second-order valence-electron chi connectivity index (χ2n) is 4.99. The molecule has 0 atom stereocenters. The van der Waals surface area contributed by atoms with Crippen molar-refractivity contribution in [3.05, 3.63) is 36.7 Å². The number of nitrogens with zero attached hydrogens (tertiary/aromatic N) is 2. The Bertz CT molecular complexity index is 632. The van der Waals surface area contributed by atoms with Crippen molar-refractivity contribution >= 4 is 9.84 Å². The summed E-state index contributed by atoms with van der Waals surface area (Å²) >= 11 is 0. The normalized spacial score (nSPS) is 11.9. The molecule has 0 radical (unpaired) electrons. The summed E-state index contributed by atoms with van der Waals surface area (Å²) in [7, 11) is 0.682. The number of hydrogen-bond acceptors (Lipinski definition) is 4. The van der Waals surface area contributed by atoms with Gasteiger partial charge in [0.25, 0.3) is 0 Å². The molecule has 0 saturated carbocycles. The first-order valence-electron chi connectivity index (χ1n) is 6.46. The van der Waals surface area contributed by atoms with Crippen LogP contribution in [-0.2, 0) is 9.84 Å². The van der Waals surface area contributed by atoms with E-state index in [1.54, 1.807) is 24.5 Å². The zero-order chi connectivity index (χ0) is 14.6. The van der Waals surface area contributed by atoms with Gasteiger partial charge in [0.15, 0.2) is 9.84 Å². The Morgan fingerprint density at radius 3 is 2.40 bits per heavy atom. The van der Waals surface area contributed by atoms with Gasteiger partial charge in [-0.25, -0.2) is 8.42 Å². The smallest absolute Gasteiger partial charge is 0.178 e. The van der Waals surface area contributed by atoms with Gasteiger partial charge in [-0.1, -0.05) is 12.1 Å². The lowest BCUT2D eigenvalue weighted by Crippen LogP contribution is -2.17. The zero-order valence-electron chi connectivity index (χ0n) is 11.7. The Labute approximate surface area is 119 Å². The first-order chi connectivity index (χ1) is 9.49. The summed E-state index contributed by atoms with van der Waals surface area (Å²) < 4.78 is 24.3. The fourth-order valence-corrected chi connectivity index (χ4v) is 3.25. The van der Waals surface area contributed by atoms with Crippen LogP contribution in [0.1, 0.15) is 6.42 Å². The summed E-state index contributed by atoms with van der Waals surface area (Å²) in [6.45, 7) is 0.770. The van der Waals surface area contributed by atoms with Gasteiger partial charge in [0.1, 0.15) is 0 Å². The topological polar surface area (TPSA) is 66.1 Å². The molecule has 0 fully saturated rings. The number of benzene rings is 1. The zero-order valence-corrected chi connectivity index (χ0v) is 12.5. The minimum absolute atomic E-state index is 0.177. The molecule has 6 heteroatoms. The van der Waals surface area contributed by atoms with Crippen LogP contribution in [-0.4, -0.2) is 49.9 Å². The maximum absolute atomic E-state index is 12.2. The van der Waals surface area contributed by atoms with Crippen LogP contribution >= 0.6 is 0 Å². The van der Waals surface area contributed by atoms with Gasteiger partial charge in [0, 0.05) is 11.8 Å². The molecule has 0 spiro atoms. The van der Waals surface area contributed by atoms with Crippen LogP contribution < -0.4 is 0 Å². The van der Waals surface area contributed by atoms with Crippen LogP contribution in [0.5, 0.6) is 0 Å². The maximum Gasteiger partial charge on any atom is 0.178 e. The van der Waals surface area contributed by atoms with Gasteiger partial charge in [-0.05, 0) is 44.8 Å². The third-order valence-electron chi connectivity index (χ3n) is 3.06. The van der Waals surface area contributed by atoms with Crippen LogP contribution in [0.4, 0.5) is 0 Å². The molecule has 0 aliphatic carbocycles. The summed E-state index contributed by atoms with van der Waals surface area (Å²) in [4.78, 5) is 2.36. The average molecular weight is 293 g/mol. The molecule has 1 aromatic carbocycles. The van der Waals surface area contributed by atoms with Gasteiger partial charge in [-0.15, -0.1) is 0 Å². The summed E-state index contributed by atoms with van der Waals surface area (Å²) in [5.74, 6) is 0.177. The molecule has 108 valence electrons. The number of sulfone groups is 1. The standard InChI is InChI=1S/C14H19N3O2S/c1-17(2)8-3-9-20(18,19)14-6-4-12(5-7-14)13-10-15-16-11-13/h4-7,10-11H,3,8-9H2,1-2H3,(H,15,16). The Kier molecular flexibility index (Phi) is 4.57. The van der Waals surface area contributed by atoms with E-state index >= 15 is 0 Å². The van der Waals surface area contributed by atoms with Gasteiger partial charge in [-0.2, -0.15) is 5.10 Å². The number of nitrogens with one attached hydrogen (secondary N) is 1. The van der Waals surface area contributed by atoms with E-state index in [1.807, 2.05) is 31.1 Å². The number of H-pyrrole nitrogens is 1. The van der Waals surface area contributed by atoms with Gasteiger partial charge in [-0.3, -0.25) is 5.10 Å². The van der Waals surface area contributed by atoms with E-state index in [1.165, 1.54) is 0 Å². The van der Waals surface area contributed by atoms with Crippen molar-refractivity contribution in [1.82, 2.24) is 15.1 Å². The molecule has 0 aliphatic rings. The summed E-state index contributed by atoms with van der Waals surface area (Å²) in [5.41, 5.74) is 1.90. The highest BCUT2D eigenvalue weighted by atomic mass is 32.2. The molecule has 5 nitrogen and oxygen atoms in total. The number of rotatable bonds is 6. The highest BCUT2D eigenvalue weighted by molar-refractivity contribution is 7.91. The SMILES string of the molecule is CN(C)CCCS(=O)(=O)c1ccc(-c2cn[nH]c2)cc1. The van der Waals surface area contributed by atoms with Gasteiger partial charge in [0.2, 0.25) is 0 Å². The molecule has 0 unspecified atom stereocenters. The molecule has 2 aromatic rings. The van der Waals surface area contributed by atoms with E-state index in [2.05, 4.69) is 10.2 Å². The summed E-state index contributed by atoms with van der Waals surface area (Å²) in [6.07, 6.45) is 4.12. The van der Waals surface area contributed by atoms with Crippen molar-refractivity contribution in [2.75, 3.05) is 26.4 Å². The van der Waals surface area contributed by atoms with Crippen LogP contribution in [0, 0.1) is 0 Å². The summed E-state index contributed by atoms with van der Waals surface area (Å²) in [6, 6.07) is 6.94. The molecule has 2 rings (SSSR count). The van der Waals surface area contributed by atoms with Gasteiger partial charge < -0.3 is 4.90 Å². The molecule has 1 aromatic heterocycles. The van der Waals surface area contributed by atoms with E-state index in [0.717, 1.165) is 17.7 Å². The lowest BCUT2D eigenvalue weighted by molar-refractivity contribution is 0.408. The predicted octanol–water partition coefficient (Wildman–Crippen LogP) is 1.80. The second kappa shape index (κ2) is 6.19. The predicted molar refractivity (Wildman–Crippen MR) is 79.2 cm³/mol. The molecule has 0 bridgehead atoms. The molecule has 0 amide bonds. The van der Waals surface area contributed by atoms with E-state index in [9.17, 15) is 8.42 Å². The Balaban J connectivity index is 2.09. The molecule has 20 heavy (non-hydrogen) atoms. The van der Waals surface area contributed by atoms with E-state index in [4.69, 9.17) is 0 Å². The van der Waals surface area contributed by atoms with E-state index < -0.39 is 9.84 Å². The largest absolute Gasteiger partial charge is 0.309 e. The number of aromatic nitrogens is 2. The van der Waals surface area contributed by atoms with Crippen molar-refractivity contribution in [2.24, 2.45) is 0 Å². The Morgan fingerprint density at radius 2 is 1.85 bits per heavy atom. The maximum atomic E-state index is 12.2. The lowest BCUT2D eigenvalue weighted by atomic mass is 10.1. The van der Waals surface area contributed by atoms with Crippen molar-refractivity contribution in [1.29, 1.82) is 0 Å². The van der Waals surface area contributed by atoms with E-state index in [-0.39, 0.29) is 5.75 Å². The first kappa shape index (κ1) is 14.7. The Morgan fingerprint density at radius 1 is 1.15 bits per heavy atom. The van der Waals surface area contributed by atoms with Crippen LogP contribution in [0.3, 0.4) is 0 Å². The Hall–Kier alpha value is -1.66. The van der Waals surface area contributed by atoms with Crippen LogP contribution in [0.2, 0.25) is 0 Å². The van der Waals surface area contributed by atoms with Crippen molar-refractivity contribution in [2.45, 2.75) is 11.3 Å². The lowest BCUT2D eigenvalue weighted by Gasteiger charge is -2.09. The molecule has 1 N–H and O–H groups in total. The molecule has 0 saturated heterocycles. The van der Waals surface area contributed by atoms with Crippen LogP contribution in [0.15, 0.2) is 41.6 Å². The third kappa shape index (κ3) is 3.68. The number of aromatic amines is 1.